The molecule has 2 aromatic carbocycles. The zero-order valence-corrected chi connectivity index (χ0v) is 16.9. The van der Waals surface area contributed by atoms with Crippen molar-refractivity contribution in [1.82, 2.24) is 0 Å². The van der Waals surface area contributed by atoms with E-state index in [2.05, 4.69) is 12.1 Å². The molecule has 0 aromatic heterocycles. The molecule has 28 heavy (non-hydrogen) atoms. The van der Waals surface area contributed by atoms with Gasteiger partial charge in [0.25, 0.3) is 0 Å². The predicted octanol–water partition coefficient (Wildman–Crippen LogP) is 5.74. The Labute approximate surface area is 171 Å². The van der Waals surface area contributed by atoms with E-state index in [4.69, 9.17) is 16.3 Å². The first-order valence-corrected chi connectivity index (χ1v) is 10.4. The second-order valence-corrected chi connectivity index (χ2v) is 8.53. The number of aryl methyl sites for hydroxylation is 1. The molecule has 146 valence electrons. The number of ether oxygens (including phenoxy) is 1. The minimum Gasteiger partial charge on any atom is -0.458 e. The van der Waals surface area contributed by atoms with Gasteiger partial charge < -0.3 is 4.74 Å². The molecular weight excluding hydrogens is 372 g/mol. The fraction of sp³-hybridized carbons (Fsp3) is 0.417. The molecule has 1 saturated carbocycles. The molecule has 3 nitrogen and oxygen atoms in total. The molecule has 0 N–H and O–H groups in total. The molecule has 2 aliphatic carbocycles. The highest BCUT2D eigenvalue weighted by molar-refractivity contribution is 6.30. The van der Waals surface area contributed by atoms with Crippen molar-refractivity contribution in [3.8, 4) is 0 Å². The maximum atomic E-state index is 13.3. The number of ketones is 1. The fourth-order valence-corrected chi connectivity index (χ4v) is 5.21. The second kappa shape index (κ2) is 7.71. The van der Waals surface area contributed by atoms with Gasteiger partial charge in [-0.05, 0) is 67.7 Å². The van der Waals surface area contributed by atoms with E-state index in [1.165, 1.54) is 12.5 Å². The van der Waals surface area contributed by atoms with Crippen LogP contribution in [0.4, 0.5) is 0 Å². The lowest BCUT2D eigenvalue weighted by Gasteiger charge is -2.45. The van der Waals surface area contributed by atoms with E-state index in [0.29, 0.717) is 5.92 Å². The molecule has 0 spiro atoms. The highest BCUT2D eigenvalue weighted by atomic mass is 35.5. The fourth-order valence-electron chi connectivity index (χ4n) is 5.08. The summed E-state index contributed by atoms with van der Waals surface area (Å²) >= 11 is 6.02. The van der Waals surface area contributed by atoms with Gasteiger partial charge >= 0.3 is 5.97 Å². The third-order valence-corrected chi connectivity index (χ3v) is 6.71. The molecule has 1 fully saturated rings. The first kappa shape index (κ1) is 19.2. The van der Waals surface area contributed by atoms with Crippen molar-refractivity contribution in [1.29, 1.82) is 0 Å². The van der Waals surface area contributed by atoms with Crippen LogP contribution >= 0.6 is 11.6 Å². The van der Waals surface area contributed by atoms with E-state index in [-0.39, 0.29) is 17.7 Å². The Hall–Kier alpha value is -2.13. The van der Waals surface area contributed by atoms with Crippen LogP contribution in [0.5, 0.6) is 0 Å². The number of benzene rings is 2. The van der Waals surface area contributed by atoms with Gasteiger partial charge in [0, 0.05) is 17.5 Å². The van der Waals surface area contributed by atoms with Gasteiger partial charge in [-0.25, -0.2) is 0 Å². The zero-order chi connectivity index (χ0) is 19.7. The Balaban J connectivity index is 1.58. The van der Waals surface area contributed by atoms with Crippen molar-refractivity contribution in [3.63, 3.8) is 0 Å². The molecule has 1 atom stereocenters. The van der Waals surface area contributed by atoms with Crippen molar-refractivity contribution in [2.24, 2.45) is 5.92 Å². The number of hydrogen-bond donors (Lipinski definition) is 0. The van der Waals surface area contributed by atoms with Crippen LogP contribution in [0.2, 0.25) is 5.02 Å². The van der Waals surface area contributed by atoms with E-state index in [9.17, 15) is 9.59 Å². The van der Waals surface area contributed by atoms with Crippen molar-refractivity contribution >= 4 is 23.4 Å². The lowest BCUT2D eigenvalue weighted by Crippen LogP contribution is -2.49. The Bertz CT molecular complexity index is 879. The summed E-state index contributed by atoms with van der Waals surface area (Å²) in [4.78, 5) is 25.2. The number of fused-ring (bicyclic) bond motifs is 1. The minimum atomic E-state index is -0.681. The average molecular weight is 397 g/mol. The molecular formula is C24H25ClO3. The first-order valence-electron chi connectivity index (χ1n) is 10.1. The summed E-state index contributed by atoms with van der Waals surface area (Å²) < 4.78 is 5.93. The van der Waals surface area contributed by atoms with Crippen LogP contribution in [-0.2, 0) is 16.0 Å². The van der Waals surface area contributed by atoms with Gasteiger partial charge in [-0.15, -0.1) is 0 Å². The number of carbonyl (C=O) groups is 2. The summed E-state index contributed by atoms with van der Waals surface area (Å²) in [6, 6.07) is 15.8. The van der Waals surface area contributed by atoms with E-state index >= 15 is 0 Å². The summed E-state index contributed by atoms with van der Waals surface area (Å²) in [5.41, 5.74) is 2.49. The zero-order valence-electron chi connectivity index (χ0n) is 16.1. The molecule has 1 unspecified atom stereocenters. The van der Waals surface area contributed by atoms with Crippen LogP contribution in [-0.4, -0.2) is 17.4 Å². The highest BCUT2D eigenvalue weighted by Gasteiger charge is 2.49. The Morgan fingerprint density at radius 2 is 1.71 bits per heavy atom. The molecule has 0 radical (unpaired) electrons. The van der Waals surface area contributed by atoms with Gasteiger partial charge in [-0.3, -0.25) is 9.59 Å². The van der Waals surface area contributed by atoms with Gasteiger partial charge in [0.15, 0.2) is 5.78 Å². The summed E-state index contributed by atoms with van der Waals surface area (Å²) in [6.07, 6.45) is 4.85. The topological polar surface area (TPSA) is 43.4 Å². The quantitative estimate of drug-likeness (QED) is 0.621. The van der Waals surface area contributed by atoms with Gasteiger partial charge in [0.05, 0.1) is 5.92 Å². The Morgan fingerprint density at radius 3 is 2.39 bits per heavy atom. The van der Waals surface area contributed by atoms with Crippen molar-refractivity contribution in [3.05, 3.63) is 70.2 Å². The predicted molar refractivity (Wildman–Crippen MR) is 110 cm³/mol. The highest BCUT2D eigenvalue weighted by Crippen LogP contribution is 2.47. The van der Waals surface area contributed by atoms with Crippen LogP contribution in [0.25, 0.3) is 0 Å². The number of esters is 1. The van der Waals surface area contributed by atoms with Gasteiger partial charge in [-0.2, -0.15) is 0 Å². The summed E-state index contributed by atoms with van der Waals surface area (Å²) in [6.45, 7) is 1.45. The van der Waals surface area contributed by atoms with Crippen molar-refractivity contribution < 1.29 is 14.3 Å². The third-order valence-electron chi connectivity index (χ3n) is 6.46. The van der Waals surface area contributed by atoms with Crippen LogP contribution in [0.3, 0.4) is 0 Å². The third kappa shape index (κ3) is 3.60. The largest absolute Gasteiger partial charge is 0.458 e. The van der Waals surface area contributed by atoms with Crippen LogP contribution < -0.4 is 0 Å². The first-order chi connectivity index (χ1) is 13.5. The van der Waals surface area contributed by atoms with Gasteiger partial charge in [0.1, 0.15) is 5.60 Å². The van der Waals surface area contributed by atoms with Crippen LogP contribution in [0.1, 0.15) is 66.4 Å². The van der Waals surface area contributed by atoms with E-state index < -0.39 is 5.60 Å². The molecule has 4 rings (SSSR count). The van der Waals surface area contributed by atoms with Gasteiger partial charge in [-0.1, -0.05) is 48.0 Å². The standard InChI is InChI=1S/C24H25ClO3/c1-16(26)28-24(22-11-8-19-4-2-3-5-21(19)23(22)27)14-12-18(13-15-24)17-6-9-20(25)10-7-17/h2-7,9-10,18,22H,8,11-15H2,1H3. The molecule has 2 aromatic rings. The van der Waals surface area contributed by atoms with Crippen molar-refractivity contribution in [2.45, 2.75) is 57.0 Å². The van der Waals surface area contributed by atoms with E-state index in [1.807, 2.05) is 36.4 Å². The lowest BCUT2D eigenvalue weighted by atomic mass is 9.65. The monoisotopic (exact) mass is 396 g/mol. The van der Waals surface area contributed by atoms with Gasteiger partial charge in [0.2, 0.25) is 0 Å². The Morgan fingerprint density at radius 1 is 1.04 bits per heavy atom. The SMILES string of the molecule is CC(=O)OC1(C2CCc3ccccc3C2=O)CCC(c2ccc(Cl)cc2)CC1. The smallest absolute Gasteiger partial charge is 0.303 e. The summed E-state index contributed by atoms with van der Waals surface area (Å²) in [5.74, 6) is -0.00552. The number of rotatable bonds is 3. The lowest BCUT2D eigenvalue weighted by molar-refractivity contribution is -0.166. The normalized spacial score (nSPS) is 27.1. The number of Topliss-reactive ketones (excluding diaryl/α,β-unsaturated/α-hetero) is 1. The van der Waals surface area contributed by atoms with Crippen molar-refractivity contribution in [2.75, 3.05) is 0 Å². The van der Waals surface area contributed by atoms with Crippen LogP contribution in [0, 0.1) is 5.92 Å². The summed E-state index contributed by atoms with van der Waals surface area (Å²) in [7, 11) is 0. The van der Waals surface area contributed by atoms with Crippen LogP contribution in [0.15, 0.2) is 48.5 Å². The average Bonchev–Trinajstić information content (AvgIpc) is 2.69. The van der Waals surface area contributed by atoms with E-state index in [1.54, 1.807) is 0 Å². The number of halogens is 1. The molecule has 0 amide bonds. The Kier molecular flexibility index (Phi) is 5.29. The molecule has 0 saturated heterocycles. The molecule has 2 aliphatic rings. The number of hydrogen-bond acceptors (Lipinski definition) is 3. The minimum absolute atomic E-state index is 0.132. The summed E-state index contributed by atoms with van der Waals surface area (Å²) in [5, 5.41) is 0.736. The maximum Gasteiger partial charge on any atom is 0.303 e. The molecule has 0 heterocycles. The molecule has 0 aliphatic heterocycles. The number of carbonyl (C=O) groups excluding carboxylic acids is 2. The second-order valence-electron chi connectivity index (χ2n) is 8.10. The molecule has 4 heteroatoms. The molecule has 0 bridgehead atoms. The maximum absolute atomic E-state index is 13.3. The van der Waals surface area contributed by atoms with E-state index in [0.717, 1.165) is 54.7 Å².